The van der Waals surface area contributed by atoms with Gasteiger partial charge in [0.05, 0.1) is 5.56 Å². The van der Waals surface area contributed by atoms with E-state index in [1.807, 2.05) is 24.5 Å². The molecule has 3 nitrogen and oxygen atoms in total. The normalized spacial score (nSPS) is 9.95. The van der Waals surface area contributed by atoms with Gasteiger partial charge in [0.15, 0.2) is 0 Å². The molecule has 1 N–H and O–H groups in total. The Labute approximate surface area is 116 Å². The molecule has 0 radical (unpaired) electrons. The number of nitrogens with one attached hydrogen (secondary N) is 1. The number of carbonyl (C=O) groups excluding carboxylic acids is 2. The first-order chi connectivity index (χ1) is 9.24. The molecule has 0 saturated heterocycles. The summed E-state index contributed by atoms with van der Waals surface area (Å²) in [6, 6.07) is 14.2. The standard InChI is InChI=1S/C15H13NO2S/c1-19-14-8-3-2-7-13(14)15(18)16-12-6-4-5-11(9-12)10-17/h2-10H,1H3,(H,16,18). The van der Waals surface area contributed by atoms with Crippen LogP contribution >= 0.6 is 11.8 Å². The SMILES string of the molecule is CSc1ccccc1C(=O)Nc1cccc(C=O)c1. The Morgan fingerprint density at radius 1 is 1.16 bits per heavy atom. The maximum Gasteiger partial charge on any atom is 0.256 e. The Morgan fingerprint density at radius 3 is 2.68 bits per heavy atom. The second-order valence-corrected chi connectivity index (χ2v) is 4.75. The van der Waals surface area contributed by atoms with Gasteiger partial charge in [-0.15, -0.1) is 11.8 Å². The van der Waals surface area contributed by atoms with Crippen molar-refractivity contribution in [3.8, 4) is 0 Å². The predicted octanol–water partition coefficient (Wildman–Crippen LogP) is 3.47. The third kappa shape index (κ3) is 3.23. The molecule has 0 bridgehead atoms. The second kappa shape index (κ2) is 6.20. The molecule has 4 heteroatoms. The van der Waals surface area contributed by atoms with Gasteiger partial charge in [-0.05, 0) is 30.5 Å². The number of aldehydes is 1. The van der Waals surface area contributed by atoms with E-state index in [-0.39, 0.29) is 5.91 Å². The Hall–Kier alpha value is -2.07. The van der Waals surface area contributed by atoms with E-state index >= 15 is 0 Å². The summed E-state index contributed by atoms with van der Waals surface area (Å²) in [5.74, 6) is -0.173. The van der Waals surface area contributed by atoms with Gasteiger partial charge in [0, 0.05) is 16.1 Å². The molecule has 2 aromatic carbocycles. The lowest BCUT2D eigenvalue weighted by Crippen LogP contribution is -2.13. The third-order valence-corrected chi connectivity index (χ3v) is 3.43. The first-order valence-electron chi connectivity index (χ1n) is 5.74. The first-order valence-corrected chi connectivity index (χ1v) is 6.96. The quantitative estimate of drug-likeness (QED) is 0.684. The van der Waals surface area contributed by atoms with Gasteiger partial charge in [0.1, 0.15) is 6.29 Å². The van der Waals surface area contributed by atoms with Gasteiger partial charge in [-0.25, -0.2) is 0 Å². The highest BCUT2D eigenvalue weighted by atomic mass is 32.2. The van der Waals surface area contributed by atoms with Crippen LogP contribution in [0.5, 0.6) is 0 Å². The number of thioether (sulfide) groups is 1. The lowest BCUT2D eigenvalue weighted by Gasteiger charge is -2.08. The number of anilines is 1. The van der Waals surface area contributed by atoms with Crippen LogP contribution in [0.3, 0.4) is 0 Å². The van der Waals surface area contributed by atoms with Crippen LogP contribution in [0.4, 0.5) is 5.69 Å². The fraction of sp³-hybridized carbons (Fsp3) is 0.0667. The Kier molecular flexibility index (Phi) is 4.36. The molecule has 0 aliphatic rings. The zero-order valence-corrected chi connectivity index (χ0v) is 11.2. The monoisotopic (exact) mass is 271 g/mol. The van der Waals surface area contributed by atoms with Gasteiger partial charge in [-0.3, -0.25) is 9.59 Å². The molecule has 0 atom stereocenters. The summed E-state index contributed by atoms with van der Waals surface area (Å²) < 4.78 is 0. The highest BCUT2D eigenvalue weighted by molar-refractivity contribution is 7.98. The number of hydrogen-bond donors (Lipinski definition) is 1. The molecule has 0 heterocycles. The highest BCUT2D eigenvalue weighted by Crippen LogP contribution is 2.21. The molecular weight excluding hydrogens is 258 g/mol. The minimum absolute atomic E-state index is 0.173. The van der Waals surface area contributed by atoms with Crippen molar-refractivity contribution < 1.29 is 9.59 Å². The van der Waals surface area contributed by atoms with Crippen LogP contribution in [0.15, 0.2) is 53.4 Å². The molecule has 0 fully saturated rings. The Morgan fingerprint density at radius 2 is 1.95 bits per heavy atom. The van der Waals surface area contributed by atoms with E-state index in [4.69, 9.17) is 0 Å². The lowest BCUT2D eigenvalue weighted by molar-refractivity contribution is 0.102. The van der Waals surface area contributed by atoms with E-state index in [1.165, 1.54) is 11.8 Å². The van der Waals surface area contributed by atoms with E-state index in [0.717, 1.165) is 11.2 Å². The van der Waals surface area contributed by atoms with Crippen molar-refractivity contribution in [2.24, 2.45) is 0 Å². The van der Waals surface area contributed by atoms with Gasteiger partial charge in [0.25, 0.3) is 5.91 Å². The topological polar surface area (TPSA) is 46.2 Å². The maximum absolute atomic E-state index is 12.2. The summed E-state index contributed by atoms with van der Waals surface area (Å²) >= 11 is 1.52. The van der Waals surface area contributed by atoms with Crippen molar-refractivity contribution in [1.29, 1.82) is 0 Å². The van der Waals surface area contributed by atoms with E-state index in [9.17, 15) is 9.59 Å². The summed E-state index contributed by atoms with van der Waals surface area (Å²) in [7, 11) is 0. The first kappa shape index (κ1) is 13.4. The molecule has 19 heavy (non-hydrogen) atoms. The number of hydrogen-bond acceptors (Lipinski definition) is 3. The summed E-state index contributed by atoms with van der Waals surface area (Å²) in [5, 5.41) is 2.80. The van der Waals surface area contributed by atoms with E-state index in [1.54, 1.807) is 30.3 Å². The second-order valence-electron chi connectivity index (χ2n) is 3.90. The van der Waals surface area contributed by atoms with Crippen LogP contribution in [0.2, 0.25) is 0 Å². The average Bonchev–Trinajstić information content (AvgIpc) is 2.47. The molecule has 2 aromatic rings. The molecule has 2 rings (SSSR count). The molecule has 0 aliphatic heterocycles. The number of amides is 1. The predicted molar refractivity (Wildman–Crippen MR) is 78.0 cm³/mol. The van der Waals surface area contributed by atoms with Crippen molar-refractivity contribution in [3.05, 3.63) is 59.7 Å². The zero-order valence-electron chi connectivity index (χ0n) is 10.4. The molecule has 0 unspecified atom stereocenters. The smallest absolute Gasteiger partial charge is 0.256 e. The average molecular weight is 271 g/mol. The number of rotatable bonds is 4. The maximum atomic E-state index is 12.2. The van der Waals surface area contributed by atoms with E-state index in [0.29, 0.717) is 16.8 Å². The minimum Gasteiger partial charge on any atom is -0.322 e. The number of benzene rings is 2. The Bertz CT molecular complexity index is 611. The third-order valence-electron chi connectivity index (χ3n) is 2.63. The Balaban J connectivity index is 2.23. The van der Waals surface area contributed by atoms with Crippen LogP contribution in [0.25, 0.3) is 0 Å². The van der Waals surface area contributed by atoms with Gasteiger partial charge >= 0.3 is 0 Å². The summed E-state index contributed by atoms with van der Waals surface area (Å²) in [4.78, 5) is 23.8. The van der Waals surface area contributed by atoms with Crippen LogP contribution in [-0.2, 0) is 0 Å². The van der Waals surface area contributed by atoms with Crippen LogP contribution in [0, 0.1) is 0 Å². The molecular formula is C15H13NO2S. The molecule has 0 aromatic heterocycles. The van der Waals surface area contributed by atoms with Crippen molar-refractivity contribution >= 4 is 29.6 Å². The van der Waals surface area contributed by atoms with Crippen molar-refractivity contribution in [2.45, 2.75) is 4.90 Å². The largest absolute Gasteiger partial charge is 0.322 e. The van der Waals surface area contributed by atoms with Gasteiger partial charge in [-0.1, -0.05) is 24.3 Å². The molecule has 1 amide bonds. The summed E-state index contributed by atoms with van der Waals surface area (Å²) in [6.07, 6.45) is 2.69. The highest BCUT2D eigenvalue weighted by Gasteiger charge is 2.10. The van der Waals surface area contributed by atoms with Crippen molar-refractivity contribution in [2.75, 3.05) is 11.6 Å². The molecule has 0 aliphatic carbocycles. The fourth-order valence-corrected chi connectivity index (χ4v) is 2.32. The summed E-state index contributed by atoms with van der Waals surface area (Å²) in [5.41, 5.74) is 1.79. The molecule has 0 spiro atoms. The number of carbonyl (C=O) groups is 2. The van der Waals surface area contributed by atoms with E-state index in [2.05, 4.69) is 5.32 Å². The minimum atomic E-state index is -0.173. The van der Waals surface area contributed by atoms with Gasteiger partial charge in [0.2, 0.25) is 0 Å². The van der Waals surface area contributed by atoms with Crippen LogP contribution < -0.4 is 5.32 Å². The molecule has 96 valence electrons. The van der Waals surface area contributed by atoms with Crippen molar-refractivity contribution in [1.82, 2.24) is 0 Å². The van der Waals surface area contributed by atoms with Crippen LogP contribution in [0.1, 0.15) is 20.7 Å². The van der Waals surface area contributed by atoms with E-state index < -0.39 is 0 Å². The zero-order chi connectivity index (χ0) is 13.7. The van der Waals surface area contributed by atoms with Gasteiger partial charge < -0.3 is 5.32 Å². The summed E-state index contributed by atoms with van der Waals surface area (Å²) in [6.45, 7) is 0. The van der Waals surface area contributed by atoms with Crippen LogP contribution in [-0.4, -0.2) is 18.4 Å². The fourth-order valence-electron chi connectivity index (χ4n) is 1.72. The van der Waals surface area contributed by atoms with Gasteiger partial charge in [-0.2, -0.15) is 0 Å². The lowest BCUT2D eigenvalue weighted by atomic mass is 10.2. The molecule has 0 saturated carbocycles. The van der Waals surface area contributed by atoms with Crippen molar-refractivity contribution in [3.63, 3.8) is 0 Å².